The van der Waals surface area contributed by atoms with Crippen molar-refractivity contribution < 1.29 is 0 Å². The molecule has 108 valence electrons. The molecule has 0 spiro atoms. The van der Waals surface area contributed by atoms with Gasteiger partial charge in [-0.15, -0.1) is 0 Å². The number of rotatable bonds is 2. The first kappa shape index (κ1) is 13.4. The summed E-state index contributed by atoms with van der Waals surface area (Å²) in [5, 5.41) is 0. The topological polar surface area (TPSA) is 3.24 Å². The zero-order chi connectivity index (χ0) is 14.4. The highest BCUT2D eigenvalue weighted by Crippen LogP contribution is 2.57. The number of hydrogen-bond donors (Lipinski definition) is 0. The number of likely N-dealkylation sites (N-methyl/N-ethyl adjacent to an activating group) is 1. The molecule has 0 amide bonds. The van der Waals surface area contributed by atoms with E-state index in [1.807, 2.05) is 0 Å². The molecule has 3 atom stereocenters. The van der Waals surface area contributed by atoms with Crippen molar-refractivity contribution in [3.63, 3.8) is 0 Å². The van der Waals surface area contributed by atoms with Gasteiger partial charge in [0.2, 0.25) is 0 Å². The fourth-order valence-electron chi connectivity index (χ4n) is 4.24. The largest absolute Gasteiger partial charge is 0.364 e. The SMILES string of the molecule is CCN1c2cccc3c2C(CCC3Br)C1c1ccccc1. The Morgan fingerprint density at radius 2 is 1.86 bits per heavy atom. The number of halogens is 1. The molecule has 0 saturated carbocycles. The normalized spacial score (nSPS) is 26.8. The molecule has 3 unspecified atom stereocenters. The molecule has 4 rings (SSSR count). The van der Waals surface area contributed by atoms with Crippen LogP contribution >= 0.6 is 15.9 Å². The van der Waals surface area contributed by atoms with Crippen LogP contribution in [0.3, 0.4) is 0 Å². The number of anilines is 1. The first-order valence-electron chi connectivity index (χ1n) is 7.89. The van der Waals surface area contributed by atoms with Gasteiger partial charge in [-0.25, -0.2) is 0 Å². The summed E-state index contributed by atoms with van der Waals surface area (Å²) in [6, 6.07) is 18.4. The smallest absolute Gasteiger partial charge is 0.0611 e. The fourth-order valence-corrected chi connectivity index (χ4v) is 4.90. The summed E-state index contributed by atoms with van der Waals surface area (Å²) < 4.78 is 0. The van der Waals surface area contributed by atoms with Crippen LogP contribution in [0.5, 0.6) is 0 Å². The van der Waals surface area contributed by atoms with Crippen LogP contribution in [0.4, 0.5) is 5.69 Å². The van der Waals surface area contributed by atoms with Crippen LogP contribution in [0.15, 0.2) is 48.5 Å². The number of hydrogen-bond acceptors (Lipinski definition) is 1. The molecule has 1 nitrogen and oxygen atoms in total. The first-order valence-corrected chi connectivity index (χ1v) is 8.81. The Morgan fingerprint density at radius 3 is 2.62 bits per heavy atom. The predicted molar refractivity (Wildman–Crippen MR) is 92.3 cm³/mol. The van der Waals surface area contributed by atoms with Crippen molar-refractivity contribution in [2.75, 3.05) is 11.4 Å². The Kier molecular flexibility index (Phi) is 3.30. The van der Waals surface area contributed by atoms with E-state index in [-0.39, 0.29) is 0 Å². The van der Waals surface area contributed by atoms with Gasteiger partial charge in [0.1, 0.15) is 0 Å². The van der Waals surface area contributed by atoms with Gasteiger partial charge in [-0.05, 0) is 42.5 Å². The zero-order valence-corrected chi connectivity index (χ0v) is 13.9. The van der Waals surface area contributed by atoms with Crippen LogP contribution in [-0.4, -0.2) is 6.54 Å². The quantitative estimate of drug-likeness (QED) is 0.644. The van der Waals surface area contributed by atoms with Crippen molar-refractivity contribution in [2.45, 2.75) is 36.6 Å². The number of alkyl halides is 1. The molecule has 2 aliphatic rings. The van der Waals surface area contributed by atoms with Gasteiger partial charge in [-0.2, -0.15) is 0 Å². The van der Waals surface area contributed by atoms with Crippen LogP contribution in [-0.2, 0) is 0 Å². The second-order valence-corrected chi connectivity index (χ2v) is 7.18. The highest BCUT2D eigenvalue weighted by Gasteiger charge is 2.42. The number of benzene rings is 2. The summed E-state index contributed by atoms with van der Waals surface area (Å²) >= 11 is 3.88. The minimum absolute atomic E-state index is 0.507. The van der Waals surface area contributed by atoms with Crippen LogP contribution in [0, 0.1) is 0 Å². The van der Waals surface area contributed by atoms with Gasteiger partial charge in [0, 0.05) is 23.0 Å². The highest BCUT2D eigenvalue weighted by molar-refractivity contribution is 9.09. The Bertz CT molecular complexity index is 652. The summed E-state index contributed by atoms with van der Waals surface area (Å²) in [6.07, 6.45) is 2.51. The second-order valence-electron chi connectivity index (χ2n) is 6.07. The summed E-state index contributed by atoms with van der Waals surface area (Å²) in [5.41, 5.74) is 6.03. The van der Waals surface area contributed by atoms with Crippen LogP contribution < -0.4 is 4.90 Å². The van der Waals surface area contributed by atoms with Gasteiger partial charge in [-0.3, -0.25) is 0 Å². The fraction of sp³-hybridized carbons (Fsp3) is 0.368. The van der Waals surface area contributed by atoms with Crippen molar-refractivity contribution in [1.82, 2.24) is 0 Å². The molecule has 21 heavy (non-hydrogen) atoms. The molecule has 1 aliphatic carbocycles. The maximum Gasteiger partial charge on any atom is 0.0611 e. The number of nitrogens with zero attached hydrogens (tertiary/aromatic N) is 1. The molecule has 2 aromatic rings. The van der Waals surface area contributed by atoms with Crippen molar-refractivity contribution in [3.8, 4) is 0 Å². The summed E-state index contributed by atoms with van der Waals surface area (Å²) in [7, 11) is 0. The Labute approximate surface area is 135 Å². The van der Waals surface area contributed by atoms with Crippen molar-refractivity contribution in [3.05, 3.63) is 65.2 Å². The van der Waals surface area contributed by atoms with Gasteiger partial charge < -0.3 is 4.90 Å². The molecule has 0 N–H and O–H groups in total. The van der Waals surface area contributed by atoms with E-state index in [2.05, 4.69) is 76.3 Å². The minimum Gasteiger partial charge on any atom is -0.364 e. The van der Waals surface area contributed by atoms with Crippen LogP contribution in [0.25, 0.3) is 0 Å². The van der Waals surface area contributed by atoms with Crippen LogP contribution in [0.1, 0.15) is 53.2 Å². The lowest BCUT2D eigenvalue weighted by molar-refractivity contribution is 0.483. The Hall–Kier alpha value is -1.28. The van der Waals surface area contributed by atoms with E-state index in [1.165, 1.54) is 29.7 Å². The van der Waals surface area contributed by atoms with Crippen LogP contribution in [0.2, 0.25) is 0 Å². The molecule has 0 saturated heterocycles. The van der Waals surface area contributed by atoms with Crippen molar-refractivity contribution >= 4 is 21.6 Å². The van der Waals surface area contributed by atoms with Gasteiger partial charge in [0.25, 0.3) is 0 Å². The standard InChI is InChI=1S/C19H20BrN/c1-2-21-17-10-6-9-14-16(20)12-11-15(18(14)17)19(21)13-7-4-3-5-8-13/h3-10,15-16,19H,2,11-12H2,1H3. The Balaban J connectivity index is 1.89. The van der Waals surface area contributed by atoms with E-state index in [1.54, 1.807) is 5.56 Å². The third-order valence-corrected chi connectivity index (χ3v) is 6.02. The lowest BCUT2D eigenvalue weighted by atomic mass is 9.79. The lowest BCUT2D eigenvalue weighted by Gasteiger charge is -2.31. The average molecular weight is 342 g/mol. The summed E-state index contributed by atoms with van der Waals surface area (Å²) in [4.78, 5) is 3.13. The summed E-state index contributed by atoms with van der Waals surface area (Å²) in [5.74, 6) is 0.646. The third kappa shape index (κ3) is 1.96. The van der Waals surface area contributed by atoms with E-state index in [9.17, 15) is 0 Å². The molecule has 0 radical (unpaired) electrons. The second kappa shape index (κ2) is 5.17. The maximum atomic E-state index is 3.88. The molecule has 2 heteroatoms. The zero-order valence-electron chi connectivity index (χ0n) is 12.3. The molecule has 1 heterocycles. The molecule has 2 aromatic carbocycles. The van der Waals surface area contributed by atoms with Gasteiger partial charge >= 0.3 is 0 Å². The van der Waals surface area contributed by atoms with Gasteiger partial charge in [0.15, 0.2) is 0 Å². The Morgan fingerprint density at radius 1 is 1.05 bits per heavy atom. The summed E-state index contributed by atoms with van der Waals surface area (Å²) in [6.45, 7) is 3.34. The van der Waals surface area contributed by atoms with Gasteiger partial charge in [-0.1, -0.05) is 58.4 Å². The monoisotopic (exact) mass is 341 g/mol. The highest BCUT2D eigenvalue weighted by atomic mass is 79.9. The molecule has 0 bridgehead atoms. The molecule has 0 fully saturated rings. The maximum absolute atomic E-state index is 3.88. The van der Waals surface area contributed by atoms with E-state index in [4.69, 9.17) is 0 Å². The first-order chi connectivity index (χ1) is 10.3. The minimum atomic E-state index is 0.507. The van der Waals surface area contributed by atoms with Gasteiger partial charge in [0.05, 0.1) is 6.04 Å². The molecule has 0 aromatic heterocycles. The van der Waals surface area contributed by atoms with E-state index in [0.29, 0.717) is 16.8 Å². The average Bonchev–Trinajstić information content (AvgIpc) is 2.87. The molecular formula is C19H20BrN. The van der Waals surface area contributed by atoms with E-state index >= 15 is 0 Å². The van der Waals surface area contributed by atoms with E-state index < -0.39 is 0 Å². The molecular weight excluding hydrogens is 322 g/mol. The lowest BCUT2D eigenvalue weighted by Crippen LogP contribution is -2.27. The van der Waals surface area contributed by atoms with Crippen molar-refractivity contribution in [2.24, 2.45) is 0 Å². The van der Waals surface area contributed by atoms with Crippen molar-refractivity contribution in [1.29, 1.82) is 0 Å². The predicted octanol–water partition coefficient (Wildman–Crippen LogP) is 5.58. The van der Waals surface area contributed by atoms with E-state index in [0.717, 1.165) is 6.54 Å². The third-order valence-electron chi connectivity index (χ3n) is 5.06. The molecule has 1 aliphatic heterocycles.